The summed E-state index contributed by atoms with van der Waals surface area (Å²) in [7, 11) is 6.00. The van der Waals surface area contributed by atoms with Crippen molar-refractivity contribution in [2.75, 3.05) is 21.1 Å². The number of rotatable bonds is 1. The van der Waals surface area contributed by atoms with Gasteiger partial charge in [-0.2, -0.15) is 0 Å². The molecule has 0 unspecified atom stereocenters. The van der Waals surface area contributed by atoms with Crippen molar-refractivity contribution < 1.29 is 20.5 Å². The lowest BCUT2D eigenvalue weighted by atomic mass is 10.2. The van der Waals surface area contributed by atoms with Gasteiger partial charge in [0.1, 0.15) is 5.75 Å². The SMILES string of the molecule is Br.CN(C)C.O.O=C(O)c1ccc(O)cc1. The number of hydrogen-bond acceptors (Lipinski definition) is 3. The molecule has 0 amide bonds. The van der Waals surface area contributed by atoms with Gasteiger partial charge < -0.3 is 20.6 Å². The van der Waals surface area contributed by atoms with Gasteiger partial charge in [-0.15, -0.1) is 17.0 Å². The number of aromatic carboxylic acids is 1. The molecule has 4 N–H and O–H groups in total. The van der Waals surface area contributed by atoms with Crippen LogP contribution in [0.4, 0.5) is 0 Å². The van der Waals surface area contributed by atoms with E-state index in [4.69, 9.17) is 10.2 Å². The van der Waals surface area contributed by atoms with Gasteiger partial charge in [-0.05, 0) is 45.4 Å². The first-order chi connectivity index (χ1) is 6.43. The topological polar surface area (TPSA) is 92.3 Å². The third-order valence-electron chi connectivity index (χ3n) is 1.11. The summed E-state index contributed by atoms with van der Waals surface area (Å²) < 4.78 is 0. The lowest BCUT2D eigenvalue weighted by molar-refractivity contribution is 0.0697. The van der Waals surface area contributed by atoms with Crippen molar-refractivity contribution in [2.24, 2.45) is 0 Å². The van der Waals surface area contributed by atoms with E-state index in [1.54, 1.807) is 0 Å². The van der Waals surface area contributed by atoms with E-state index in [1.807, 2.05) is 26.0 Å². The predicted octanol–water partition coefficient (Wildman–Crippen LogP) is 1.02. The molecular weight excluding hydrogens is 278 g/mol. The number of aromatic hydroxyl groups is 1. The maximum absolute atomic E-state index is 10.2. The molecule has 0 aliphatic rings. The van der Waals surface area contributed by atoms with Crippen molar-refractivity contribution >= 4 is 23.0 Å². The Balaban J connectivity index is -0.000000249. The van der Waals surface area contributed by atoms with E-state index in [-0.39, 0.29) is 33.8 Å². The van der Waals surface area contributed by atoms with Gasteiger partial charge in [-0.3, -0.25) is 0 Å². The summed E-state index contributed by atoms with van der Waals surface area (Å²) in [5.74, 6) is -0.912. The summed E-state index contributed by atoms with van der Waals surface area (Å²) in [6.07, 6.45) is 0. The van der Waals surface area contributed by atoms with Crippen LogP contribution < -0.4 is 0 Å². The fraction of sp³-hybridized carbons (Fsp3) is 0.300. The van der Waals surface area contributed by atoms with Crippen molar-refractivity contribution in [3.8, 4) is 5.75 Å². The maximum Gasteiger partial charge on any atom is 0.335 e. The molecule has 6 heteroatoms. The molecule has 0 spiro atoms. The molecule has 0 bridgehead atoms. The molecule has 0 fully saturated rings. The molecule has 0 aromatic heterocycles. The highest BCUT2D eigenvalue weighted by molar-refractivity contribution is 8.93. The van der Waals surface area contributed by atoms with E-state index in [0.29, 0.717) is 0 Å². The zero-order valence-corrected chi connectivity index (χ0v) is 11.2. The van der Waals surface area contributed by atoms with Crippen molar-refractivity contribution in [3.63, 3.8) is 0 Å². The smallest absolute Gasteiger partial charge is 0.335 e. The Kier molecular flexibility index (Phi) is 13.2. The second-order valence-corrected chi connectivity index (χ2v) is 3.19. The Labute approximate surface area is 105 Å². The van der Waals surface area contributed by atoms with Crippen molar-refractivity contribution in [1.29, 1.82) is 0 Å². The van der Waals surface area contributed by atoms with Crippen LogP contribution in [-0.2, 0) is 0 Å². The number of carbonyl (C=O) groups is 1. The number of benzene rings is 1. The summed E-state index contributed by atoms with van der Waals surface area (Å²) in [5.41, 5.74) is 0.179. The normalized spacial score (nSPS) is 8.00. The second-order valence-electron chi connectivity index (χ2n) is 3.19. The van der Waals surface area contributed by atoms with E-state index < -0.39 is 5.97 Å². The lowest BCUT2D eigenvalue weighted by Gasteiger charge is -1.92. The third-order valence-corrected chi connectivity index (χ3v) is 1.11. The molecule has 0 saturated heterocycles. The van der Waals surface area contributed by atoms with Crippen molar-refractivity contribution in [3.05, 3.63) is 29.8 Å². The summed E-state index contributed by atoms with van der Waals surface area (Å²) in [6, 6.07) is 5.36. The molecule has 94 valence electrons. The van der Waals surface area contributed by atoms with Crippen LogP contribution in [0.3, 0.4) is 0 Å². The minimum Gasteiger partial charge on any atom is -0.508 e. The number of phenols is 1. The lowest BCUT2D eigenvalue weighted by Crippen LogP contribution is -1.99. The predicted molar refractivity (Wildman–Crippen MR) is 68.6 cm³/mol. The molecule has 0 aliphatic carbocycles. The number of hydrogen-bond donors (Lipinski definition) is 2. The molecule has 16 heavy (non-hydrogen) atoms. The summed E-state index contributed by atoms with van der Waals surface area (Å²) in [6.45, 7) is 0. The zero-order chi connectivity index (χ0) is 11.1. The first-order valence-corrected chi connectivity index (χ1v) is 4.06. The molecule has 1 aromatic rings. The van der Waals surface area contributed by atoms with Crippen LogP contribution in [0.15, 0.2) is 24.3 Å². The van der Waals surface area contributed by atoms with Crippen LogP contribution >= 0.6 is 17.0 Å². The Morgan fingerprint density at radius 2 is 1.44 bits per heavy atom. The molecule has 0 saturated carbocycles. The fourth-order valence-corrected chi connectivity index (χ4v) is 0.604. The van der Waals surface area contributed by atoms with Crippen LogP contribution in [0.2, 0.25) is 0 Å². The molecule has 5 nitrogen and oxygen atoms in total. The fourth-order valence-electron chi connectivity index (χ4n) is 0.604. The minimum atomic E-state index is -0.986. The van der Waals surface area contributed by atoms with E-state index in [9.17, 15) is 4.79 Å². The maximum atomic E-state index is 10.2. The van der Waals surface area contributed by atoms with Crippen LogP contribution in [0.5, 0.6) is 5.75 Å². The molecule has 0 heterocycles. The van der Waals surface area contributed by atoms with Gasteiger partial charge in [-0.1, -0.05) is 0 Å². The van der Waals surface area contributed by atoms with Gasteiger partial charge in [0.2, 0.25) is 0 Å². The third kappa shape index (κ3) is 11.0. The van der Waals surface area contributed by atoms with Crippen LogP contribution in [0.1, 0.15) is 10.4 Å². The number of halogens is 1. The van der Waals surface area contributed by atoms with Gasteiger partial charge in [-0.25, -0.2) is 4.79 Å². The average molecular weight is 296 g/mol. The van der Waals surface area contributed by atoms with Crippen LogP contribution in [0.25, 0.3) is 0 Å². The second kappa shape index (κ2) is 10.4. The molecule has 0 radical (unpaired) electrons. The highest BCUT2D eigenvalue weighted by Gasteiger charge is 1.99. The molecule has 1 rings (SSSR count). The molecule has 1 aromatic carbocycles. The summed E-state index contributed by atoms with van der Waals surface area (Å²) in [5, 5.41) is 17.1. The molecule has 0 atom stereocenters. The quantitative estimate of drug-likeness (QED) is 0.809. The molecular formula is C10H18BrNO4. The first kappa shape index (κ1) is 20.3. The van der Waals surface area contributed by atoms with E-state index in [1.165, 1.54) is 24.3 Å². The summed E-state index contributed by atoms with van der Waals surface area (Å²) in [4.78, 5) is 12.2. The van der Waals surface area contributed by atoms with Gasteiger partial charge in [0.15, 0.2) is 0 Å². The van der Waals surface area contributed by atoms with Crippen molar-refractivity contribution in [1.82, 2.24) is 4.90 Å². The average Bonchev–Trinajstić information content (AvgIpc) is 2.03. The van der Waals surface area contributed by atoms with Gasteiger partial charge in [0, 0.05) is 0 Å². The van der Waals surface area contributed by atoms with E-state index >= 15 is 0 Å². The highest BCUT2D eigenvalue weighted by Crippen LogP contribution is 2.08. The highest BCUT2D eigenvalue weighted by atomic mass is 79.9. The van der Waals surface area contributed by atoms with Gasteiger partial charge >= 0.3 is 5.97 Å². The standard InChI is InChI=1S/C7H6O3.C3H9N.BrH.H2O/c8-6-3-1-5(2-4-6)7(9)10;1-4(2)3;;/h1-4,8H,(H,9,10);1-3H3;1H;1H2. The van der Waals surface area contributed by atoms with Gasteiger partial charge in [0.05, 0.1) is 5.56 Å². The van der Waals surface area contributed by atoms with E-state index in [2.05, 4.69) is 0 Å². The number of nitrogens with zero attached hydrogens (tertiary/aromatic N) is 1. The first-order valence-electron chi connectivity index (χ1n) is 4.06. The largest absolute Gasteiger partial charge is 0.508 e. The Morgan fingerprint density at radius 3 is 1.69 bits per heavy atom. The number of phenolic OH excluding ortho intramolecular Hbond substituents is 1. The Morgan fingerprint density at radius 1 is 1.12 bits per heavy atom. The van der Waals surface area contributed by atoms with Crippen LogP contribution in [-0.4, -0.2) is 47.7 Å². The number of carboxylic acid groups (broad SMARTS) is 1. The summed E-state index contributed by atoms with van der Waals surface area (Å²) >= 11 is 0. The Hall–Kier alpha value is -1.11. The van der Waals surface area contributed by atoms with E-state index in [0.717, 1.165) is 0 Å². The van der Waals surface area contributed by atoms with Gasteiger partial charge in [0.25, 0.3) is 0 Å². The zero-order valence-electron chi connectivity index (χ0n) is 9.47. The monoisotopic (exact) mass is 295 g/mol. The Bertz CT molecular complexity index is 285. The minimum absolute atomic E-state index is 0. The van der Waals surface area contributed by atoms with Crippen LogP contribution in [0, 0.1) is 0 Å². The molecule has 0 aliphatic heterocycles. The van der Waals surface area contributed by atoms with Crippen molar-refractivity contribution in [2.45, 2.75) is 0 Å². The number of carboxylic acids is 1.